The molecule has 0 radical (unpaired) electrons. The SMILES string of the molecule is CC1C(=O)Nc2ccc(NC(=O)CCCN3C(=O)c4ccccc4C3=O)cc21. The van der Waals surface area contributed by atoms with Crippen molar-refractivity contribution < 1.29 is 19.2 Å². The molecule has 2 aliphatic heterocycles. The molecule has 2 aliphatic rings. The van der Waals surface area contributed by atoms with Crippen LogP contribution in [-0.4, -0.2) is 35.1 Å². The van der Waals surface area contributed by atoms with E-state index >= 15 is 0 Å². The summed E-state index contributed by atoms with van der Waals surface area (Å²) in [4.78, 5) is 49.7. The Hall–Kier alpha value is -3.48. The first-order valence-electron chi connectivity index (χ1n) is 9.15. The van der Waals surface area contributed by atoms with Gasteiger partial charge in [-0.2, -0.15) is 0 Å². The Morgan fingerprint density at radius 2 is 1.75 bits per heavy atom. The molecule has 0 bridgehead atoms. The van der Waals surface area contributed by atoms with E-state index in [0.717, 1.165) is 11.3 Å². The minimum atomic E-state index is -0.314. The fourth-order valence-corrected chi connectivity index (χ4v) is 3.56. The molecule has 0 fully saturated rings. The maximum Gasteiger partial charge on any atom is 0.261 e. The molecular weight excluding hydrogens is 358 g/mol. The van der Waals surface area contributed by atoms with Crippen molar-refractivity contribution in [3.8, 4) is 0 Å². The van der Waals surface area contributed by atoms with Crippen molar-refractivity contribution in [1.82, 2.24) is 4.90 Å². The molecule has 2 heterocycles. The largest absolute Gasteiger partial charge is 0.326 e. The van der Waals surface area contributed by atoms with Gasteiger partial charge in [0.25, 0.3) is 11.8 Å². The van der Waals surface area contributed by atoms with E-state index < -0.39 is 0 Å². The molecule has 0 aromatic heterocycles. The van der Waals surface area contributed by atoms with Crippen LogP contribution >= 0.6 is 0 Å². The van der Waals surface area contributed by atoms with Gasteiger partial charge in [-0.15, -0.1) is 0 Å². The zero-order valence-electron chi connectivity index (χ0n) is 15.3. The average molecular weight is 377 g/mol. The van der Waals surface area contributed by atoms with Gasteiger partial charge >= 0.3 is 0 Å². The molecule has 142 valence electrons. The maximum atomic E-state index is 12.3. The van der Waals surface area contributed by atoms with E-state index in [-0.39, 0.29) is 42.5 Å². The molecule has 1 atom stereocenters. The topological polar surface area (TPSA) is 95.6 Å². The van der Waals surface area contributed by atoms with Crippen LogP contribution in [0.2, 0.25) is 0 Å². The lowest BCUT2D eigenvalue weighted by atomic mass is 10.0. The summed E-state index contributed by atoms with van der Waals surface area (Å²) in [7, 11) is 0. The van der Waals surface area contributed by atoms with Crippen LogP contribution < -0.4 is 10.6 Å². The van der Waals surface area contributed by atoms with Gasteiger partial charge in [0.05, 0.1) is 17.0 Å². The summed E-state index contributed by atoms with van der Waals surface area (Å²) in [5, 5.41) is 5.59. The number of benzene rings is 2. The van der Waals surface area contributed by atoms with Gasteiger partial charge in [0.15, 0.2) is 0 Å². The van der Waals surface area contributed by atoms with Crippen molar-refractivity contribution >= 4 is 35.0 Å². The van der Waals surface area contributed by atoms with Crippen LogP contribution in [0.4, 0.5) is 11.4 Å². The molecule has 7 heteroatoms. The van der Waals surface area contributed by atoms with Gasteiger partial charge < -0.3 is 10.6 Å². The predicted molar refractivity (Wildman–Crippen MR) is 103 cm³/mol. The van der Waals surface area contributed by atoms with Crippen LogP contribution in [-0.2, 0) is 9.59 Å². The number of hydrogen-bond donors (Lipinski definition) is 2. The van der Waals surface area contributed by atoms with E-state index in [4.69, 9.17) is 0 Å². The Labute approximate surface area is 161 Å². The highest BCUT2D eigenvalue weighted by Crippen LogP contribution is 2.34. The summed E-state index contributed by atoms with van der Waals surface area (Å²) in [6.07, 6.45) is 0.551. The molecule has 1 unspecified atom stereocenters. The molecule has 0 saturated carbocycles. The smallest absolute Gasteiger partial charge is 0.261 e. The van der Waals surface area contributed by atoms with Crippen LogP contribution in [0.3, 0.4) is 0 Å². The predicted octanol–water partition coefficient (Wildman–Crippen LogP) is 2.76. The average Bonchev–Trinajstić information content (AvgIpc) is 3.10. The lowest BCUT2D eigenvalue weighted by Crippen LogP contribution is -2.31. The fraction of sp³-hybridized carbons (Fsp3) is 0.238. The second-order valence-corrected chi connectivity index (χ2v) is 6.97. The molecule has 7 nitrogen and oxygen atoms in total. The first-order chi connectivity index (χ1) is 13.5. The lowest BCUT2D eigenvalue weighted by Gasteiger charge is -2.13. The minimum Gasteiger partial charge on any atom is -0.326 e. The van der Waals surface area contributed by atoms with E-state index in [9.17, 15) is 19.2 Å². The van der Waals surface area contributed by atoms with Crippen molar-refractivity contribution in [2.45, 2.75) is 25.7 Å². The number of nitrogens with one attached hydrogen (secondary N) is 2. The third kappa shape index (κ3) is 3.05. The zero-order valence-corrected chi connectivity index (χ0v) is 15.3. The number of carbonyl (C=O) groups excluding carboxylic acids is 4. The van der Waals surface area contributed by atoms with Gasteiger partial charge in [0.2, 0.25) is 11.8 Å². The number of nitrogens with zero attached hydrogens (tertiary/aromatic N) is 1. The van der Waals surface area contributed by atoms with Crippen LogP contribution in [0.5, 0.6) is 0 Å². The Morgan fingerprint density at radius 1 is 1.07 bits per heavy atom. The number of hydrogen-bond acceptors (Lipinski definition) is 4. The van der Waals surface area contributed by atoms with Gasteiger partial charge in [0.1, 0.15) is 0 Å². The van der Waals surface area contributed by atoms with Crippen LogP contribution in [0.15, 0.2) is 42.5 Å². The molecule has 2 aromatic rings. The number of carbonyl (C=O) groups is 4. The third-order valence-corrected chi connectivity index (χ3v) is 5.12. The fourth-order valence-electron chi connectivity index (χ4n) is 3.56. The number of imide groups is 1. The van der Waals surface area contributed by atoms with Gasteiger partial charge in [-0.3, -0.25) is 24.1 Å². The molecule has 4 rings (SSSR count). The first-order valence-corrected chi connectivity index (χ1v) is 9.15. The standard InChI is InChI=1S/C21H19N3O4/c1-12-16-11-13(8-9-17(16)23-19(12)26)22-18(25)7-4-10-24-20(27)14-5-2-3-6-15(14)21(24)28/h2-3,5-6,8-9,11-12H,4,7,10H2,1H3,(H,22,25)(H,23,26). The first kappa shape index (κ1) is 17.9. The summed E-state index contributed by atoms with van der Waals surface area (Å²) in [6, 6.07) is 12.0. The summed E-state index contributed by atoms with van der Waals surface area (Å²) < 4.78 is 0. The van der Waals surface area contributed by atoms with E-state index in [0.29, 0.717) is 23.2 Å². The molecule has 0 saturated heterocycles. The van der Waals surface area contributed by atoms with Gasteiger partial charge in [-0.1, -0.05) is 12.1 Å². The van der Waals surface area contributed by atoms with Gasteiger partial charge in [0, 0.05) is 24.3 Å². The second kappa shape index (κ2) is 6.92. The summed E-state index contributed by atoms with van der Waals surface area (Å²) in [5.41, 5.74) is 3.06. The highest BCUT2D eigenvalue weighted by molar-refractivity contribution is 6.21. The Kier molecular flexibility index (Phi) is 4.43. The molecule has 28 heavy (non-hydrogen) atoms. The highest BCUT2D eigenvalue weighted by atomic mass is 16.2. The lowest BCUT2D eigenvalue weighted by molar-refractivity contribution is -0.117. The maximum absolute atomic E-state index is 12.3. The van der Waals surface area contributed by atoms with E-state index in [1.807, 2.05) is 6.92 Å². The summed E-state index contributed by atoms with van der Waals surface area (Å²) in [6.45, 7) is 2.01. The Balaban J connectivity index is 1.32. The van der Waals surface area contributed by atoms with E-state index in [1.54, 1.807) is 42.5 Å². The van der Waals surface area contributed by atoms with E-state index in [2.05, 4.69) is 10.6 Å². The number of rotatable bonds is 5. The van der Waals surface area contributed by atoms with Crippen molar-refractivity contribution in [3.63, 3.8) is 0 Å². The molecule has 4 amide bonds. The number of anilines is 2. The van der Waals surface area contributed by atoms with Crippen LogP contribution in [0.1, 0.15) is 52.0 Å². The summed E-state index contributed by atoms with van der Waals surface area (Å²) >= 11 is 0. The quantitative estimate of drug-likeness (QED) is 0.783. The molecule has 2 N–H and O–H groups in total. The van der Waals surface area contributed by atoms with Crippen molar-refractivity contribution in [2.75, 3.05) is 17.2 Å². The molecule has 2 aromatic carbocycles. The zero-order chi connectivity index (χ0) is 19.8. The molecular formula is C21H19N3O4. The summed E-state index contributed by atoms with van der Waals surface area (Å²) in [5.74, 6) is -1.14. The number of fused-ring (bicyclic) bond motifs is 2. The third-order valence-electron chi connectivity index (χ3n) is 5.12. The van der Waals surface area contributed by atoms with Gasteiger partial charge in [-0.25, -0.2) is 0 Å². The van der Waals surface area contributed by atoms with Crippen LogP contribution in [0, 0.1) is 0 Å². The Morgan fingerprint density at radius 3 is 2.43 bits per heavy atom. The second-order valence-electron chi connectivity index (χ2n) is 6.97. The van der Waals surface area contributed by atoms with Crippen molar-refractivity contribution in [2.24, 2.45) is 0 Å². The van der Waals surface area contributed by atoms with Crippen molar-refractivity contribution in [3.05, 3.63) is 59.2 Å². The Bertz CT molecular complexity index is 979. The molecule has 0 spiro atoms. The van der Waals surface area contributed by atoms with Gasteiger partial charge in [-0.05, 0) is 49.2 Å². The normalized spacial score (nSPS) is 17.4. The van der Waals surface area contributed by atoms with Crippen LogP contribution in [0.25, 0.3) is 0 Å². The highest BCUT2D eigenvalue weighted by Gasteiger charge is 2.34. The molecule has 0 aliphatic carbocycles. The minimum absolute atomic E-state index is 0.0561. The monoisotopic (exact) mass is 377 g/mol. The van der Waals surface area contributed by atoms with Crippen molar-refractivity contribution in [1.29, 1.82) is 0 Å². The number of amides is 4. The van der Waals surface area contributed by atoms with E-state index in [1.165, 1.54) is 4.90 Å².